The average molecular weight is 329 g/mol. The molecule has 6 rings (SSSR count). The van der Waals surface area contributed by atoms with Gasteiger partial charge in [-0.15, -0.1) is 0 Å². The molecular weight excluding hydrogens is 306 g/mol. The summed E-state index contributed by atoms with van der Waals surface area (Å²) in [6, 6.07) is 5.89. The van der Waals surface area contributed by atoms with Crippen LogP contribution in [0.3, 0.4) is 0 Å². The highest BCUT2D eigenvalue weighted by Gasteiger charge is 2.49. The molecule has 5 heteroatoms. The van der Waals surface area contributed by atoms with Crippen molar-refractivity contribution in [2.45, 2.75) is 43.6 Å². The Balaban J connectivity index is 1.38. The number of esters is 1. The van der Waals surface area contributed by atoms with E-state index in [0.717, 1.165) is 68.8 Å². The van der Waals surface area contributed by atoms with Gasteiger partial charge in [0.25, 0.3) is 0 Å². The Morgan fingerprint density at radius 1 is 1.17 bits per heavy atom. The Labute approximate surface area is 141 Å². The minimum absolute atomic E-state index is 0.0358. The highest BCUT2D eigenvalue weighted by atomic mass is 16.7. The first kappa shape index (κ1) is 14.6. The summed E-state index contributed by atoms with van der Waals surface area (Å²) in [5, 5.41) is 0. The first-order valence-electron chi connectivity index (χ1n) is 9.08. The fourth-order valence-corrected chi connectivity index (χ4v) is 4.63. The fourth-order valence-electron chi connectivity index (χ4n) is 4.63. The maximum absolute atomic E-state index is 13.1. The zero-order chi connectivity index (χ0) is 16.1. The molecule has 0 amide bonds. The van der Waals surface area contributed by atoms with Crippen molar-refractivity contribution in [3.8, 4) is 11.5 Å². The van der Waals surface area contributed by atoms with Crippen LogP contribution in [0.2, 0.25) is 0 Å². The van der Waals surface area contributed by atoms with Crippen molar-refractivity contribution in [3.63, 3.8) is 0 Å². The van der Waals surface area contributed by atoms with Crippen LogP contribution in [0.1, 0.15) is 37.7 Å². The molecule has 4 fully saturated rings. The Morgan fingerprint density at radius 3 is 2.62 bits per heavy atom. The Morgan fingerprint density at radius 2 is 1.96 bits per heavy atom. The standard InChI is InChI=1S/C19H23NO4/c21-18(24-17-11-20-8-4-13(17)5-9-20)19(6-1-7-19)14-2-3-15-16(10-14)23-12-22-15/h2-3,10,13,17H,1,4-9,11-12H2. The summed E-state index contributed by atoms with van der Waals surface area (Å²) in [5.41, 5.74) is 0.539. The summed E-state index contributed by atoms with van der Waals surface area (Å²) in [6.07, 6.45) is 5.21. The minimum atomic E-state index is -0.479. The molecule has 24 heavy (non-hydrogen) atoms. The zero-order valence-electron chi connectivity index (χ0n) is 13.8. The molecule has 0 spiro atoms. The Bertz CT molecular complexity index is 661. The van der Waals surface area contributed by atoms with Gasteiger partial charge in [-0.1, -0.05) is 12.5 Å². The van der Waals surface area contributed by atoms with Gasteiger partial charge in [0, 0.05) is 6.54 Å². The number of nitrogens with zero attached hydrogens (tertiary/aromatic N) is 1. The number of hydrogen-bond donors (Lipinski definition) is 0. The third-order valence-corrected chi connectivity index (χ3v) is 6.38. The van der Waals surface area contributed by atoms with Crippen molar-refractivity contribution in [1.82, 2.24) is 4.90 Å². The van der Waals surface area contributed by atoms with E-state index in [4.69, 9.17) is 14.2 Å². The van der Waals surface area contributed by atoms with Crippen LogP contribution >= 0.6 is 0 Å². The van der Waals surface area contributed by atoms with E-state index in [9.17, 15) is 4.79 Å². The summed E-state index contributed by atoms with van der Waals surface area (Å²) >= 11 is 0. The van der Waals surface area contributed by atoms with Gasteiger partial charge in [-0.3, -0.25) is 9.69 Å². The third kappa shape index (κ3) is 2.14. The van der Waals surface area contributed by atoms with Gasteiger partial charge in [0.1, 0.15) is 6.10 Å². The topological polar surface area (TPSA) is 48.0 Å². The van der Waals surface area contributed by atoms with Gasteiger partial charge >= 0.3 is 5.97 Å². The van der Waals surface area contributed by atoms with Crippen molar-refractivity contribution in [2.24, 2.45) is 5.92 Å². The lowest BCUT2D eigenvalue weighted by Gasteiger charge is -2.46. The third-order valence-electron chi connectivity index (χ3n) is 6.38. The number of ether oxygens (including phenoxy) is 3. The van der Waals surface area contributed by atoms with Crippen molar-refractivity contribution in [2.75, 3.05) is 26.4 Å². The maximum atomic E-state index is 13.1. The van der Waals surface area contributed by atoms with Gasteiger partial charge in [0.2, 0.25) is 6.79 Å². The first-order valence-corrected chi connectivity index (χ1v) is 9.08. The summed E-state index contributed by atoms with van der Waals surface area (Å²) < 4.78 is 16.9. The van der Waals surface area contributed by atoms with Gasteiger partial charge in [0.15, 0.2) is 11.5 Å². The van der Waals surface area contributed by atoms with Crippen molar-refractivity contribution in [1.29, 1.82) is 0 Å². The van der Waals surface area contributed by atoms with Crippen LogP contribution in [0.25, 0.3) is 0 Å². The number of piperidine rings is 3. The number of hydrogen-bond acceptors (Lipinski definition) is 5. The molecule has 128 valence electrons. The second kappa shape index (κ2) is 5.38. The van der Waals surface area contributed by atoms with Crippen LogP contribution in [0.5, 0.6) is 11.5 Å². The molecular formula is C19H23NO4. The molecule has 0 aromatic heterocycles. The highest BCUT2D eigenvalue weighted by Crippen LogP contribution is 2.48. The average Bonchev–Trinajstić information content (AvgIpc) is 3.03. The minimum Gasteiger partial charge on any atom is -0.460 e. The van der Waals surface area contributed by atoms with Crippen LogP contribution in [-0.4, -0.2) is 43.4 Å². The lowest BCUT2D eigenvalue weighted by Crippen LogP contribution is -2.54. The smallest absolute Gasteiger partial charge is 0.316 e. The van der Waals surface area contributed by atoms with Gasteiger partial charge < -0.3 is 14.2 Å². The van der Waals surface area contributed by atoms with Gasteiger partial charge in [-0.2, -0.15) is 0 Å². The van der Waals surface area contributed by atoms with E-state index in [1.54, 1.807) is 0 Å². The number of rotatable bonds is 3. The molecule has 0 radical (unpaired) electrons. The van der Waals surface area contributed by atoms with Crippen molar-refractivity contribution >= 4 is 5.97 Å². The predicted octanol–water partition coefficient (Wildman–Crippen LogP) is 2.47. The summed E-state index contributed by atoms with van der Waals surface area (Å²) in [7, 11) is 0. The van der Waals surface area contributed by atoms with E-state index < -0.39 is 5.41 Å². The molecule has 2 bridgehead atoms. The normalized spacial score (nSPS) is 32.2. The van der Waals surface area contributed by atoms with Gasteiger partial charge in [-0.05, 0) is 62.4 Å². The summed E-state index contributed by atoms with van der Waals surface area (Å²) in [6.45, 7) is 3.49. The molecule has 4 heterocycles. The first-order chi connectivity index (χ1) is 11.7. The molecule has 3 saturated heterocycles. The molecule has 5 aliphatic rings. The number of carbonyl (C=O) groups is 1. The number of fused-ring (bicyclic) bond motifs is 4. The lowest BCUT2D eigenvalue weighted by molar-refractivity contribution is -0.169. The zero-order valence-corrected chi connectivity index (χ0v) is 13.8. The van der Waals surface area contributed by atoms with Gasteiger partial charge in [0.05, 0.1) is 5.41 Å². The lowest BCUT2D eigenvalue weighted by atomic mass is 9.64. The summed E-state index contributed by atoms with van der Waals surface area (Å²) in [5.74, 6) is 2.02. The van der Waals surface area contributed by atoms with Crippen LogP contribution in [0.15, 0.2) is 18.2 Å². The van der Waals surface area contributed by atoms with Gasteiger partial charge in [-0.25, -0.2) is 0 Å². The molecule has 1 aromatic rings. The van der Waals surface area contributed by atoms with E-state index in [1.165, 1.54) is 0 Å². The molecule has 1 aliphatic carbocycles. The summed E-state index contributed by atoms with van der Waals surface area (Å²) in [4.78, 5) is 15.5. The largest absolute Gasteiger partial charge is 0.460 e. The Hall–Kier alpha value is -1.75. The molecule has 1 aromatic carbocycles. The van der Waals surface area contributed by atoms with E-state index in [-0.39, 0.29) is 18.9 Å². The van der Waals surface area contributed by atoms with Crippen LogP contribution in [0.4, 0.5) is 0 Å². The molecule has 1 unspecified atom stereocenters. The predicted molar refractivity (Wildman–Crippen MR) is 87.1 cm³/mol. The van der Waals surface area contributed by atoms with E-state index in [1.807, 2.05) is 18.2 Å². The monoisotopic (exact) mass is 329 g/mol. The van der Waals surface area contributed by atoms with Crippen LogP contribution < -0.4 is 9.47 Å². The molecule has 4 aliphatic heterocycles. The molecule has 1 saturated carbocycles. The van der Waals surface area contributed by atoms with E-state index in [2.05, 4.69) is 4.90 Å². The second-order valence-corrected chi connectivity index (χ2v) is 7.59. The Kier molecular flexibility index (Phi) is 3.27. The maximum Gasteiger partial charge on any atom is 0.316 e. The number of benzene rings is 1. The fraction of sp³-hybridized carbons (Fsp3) is 0.632. The second-order valence-electron chi connectivity index (χ2n) is 7.59. The van der Waals surface area contributed by atoms with Crippen LogP contribution in [-0.2, 0) is 14.9 Å². The number of carbonyl (C=O) groups excluding carboxylic acids is 1. The SMILES string of the molecule is O=C(OC1CN2CCC1CC2)C1(c2ccc3c(c2)OCO3)CCC1. The van der Waals surface area contributed by atoms with Crippen molar-refractivity contribution in [3.05, 3.63) is 23.8 Å². The molecule has 0 N–H and O–H groups in total. The van der Waals surface area contributed by atoms with E-state index in [0.29, 0.717) is 5.92 Å². The van der Waals surface area contributed by atoms with Crippen molar-refractivity contribution < 1.29 is 19.0 Å². The van der Waals surface area contributed by atoms with Crippen LogP contribution in [0, 0.1) is 5.92 Å². The molecule has 5 nitrogen and oxygen atoms in total. The van der Waals surface area contributed by atoms with E-state index >= 15 is 0 Å². The molecule has 1 atom stereocenters. The quantitative estimate of drug-likeness (QED) is 0.797. The highest BCUT2D eigenvalue weighted by molar-refractivity contribution is 5.85.